The number of piperidine rings is 1. The summed E-state index contributed by atoms with van der Waals surface area (Å²) >= 11 is 0. The molecule has 5 rings (SSSR count). The first kappa shape index (κ1) is 43.8. The molecule has 1 fully saturated rings. The number of aromatic nitrogens is 1. The van der Waals surface area contributed by atoms with Gasteiger partial charge in [-0.3, -0.25) is 24.3 Å². The number of carbonyl (C=O) groups excluding carboxylic acids is 2. The van der Waals surface area contributed by atoms with Crippen LogP contribution >= 0.6 is 0 Å². The van der Waals surface area contributed by atoms with E-state index < -0.39 is 23.6 Å². The lowest BCUT2D eigenvalue weighted by Crippen LogP contribution is -2.29. The van der Waals surface area contributed by atoms with Crippen LogP contribution in [-0.4, -0.2) is 99.1 Å². The lowest BCUT2D eigenvalue weighted by molar-refractivity contribution is -0.139. The second-order valence-electron chi connectivity index (χ2n) is 14.0. The summed E-state index contributed by atoms with van der Waals surface area (Å²) in [5.74, 6) is -1.69. The maximum atomic E-state index is 13.7. The van der Waals surface area contributed by atoms with Crippen molar-refractivity contribution in [1.29, 1.82) is 0 Å². The fourth-order valence-electron chi connectivity index (χ4n) is 6.38. The van der Waals surface area contributed by atoms with Crippen LogP contribution in [0.25, 0.3) is 11.3 Å². The molecule has 0 spiro atoms. The fraction of sp³-hybridized carbons (Fsp3) is 0.395. The summed E-state index contributed by atoms with van der Waals surface area (Å²) in [6, 6.07) is 21.1. The molecule has 3 aromatic carbocycles. The molecule has 0 radical (unpaired) electrons. The minimum Gasteiger partial charge on any atom is -0.481 e. The molecule has 15 heteroatoms. The largest absolute Gasteiger partial charge is 0.481 e. The Kier molecular flexibility index (Phi) is 16.6. The molecule has 1 saturated heterocycles. The maximum Gasteiger partial charge on any atom is 0.416 e. The average Bonchev–Trinajstić information content (AvgIpc) is 3.22. The number of carbonyl (C=O) groups is 3. The van der Waals surface area contributed by atoms with E-state index in [0.717, 1.165) is 55.7 Å². The van der Waals surface area contributed by atoms with Crippen molar-refractivity contribution < 1.29 is 46.9 Å². The van der Waals surface area contributed by atoms with Crippen molar-refractivity contribution in [2.24, 2.45) is 0 Å². The molecule has 3 N–H and O–H groups in total. The number of hydrogen-bond donors (Lipinski definition) is 3. The third-order valence-corrected chi connectivity index (χ3v) is 9.44. The maximum absolute atomic E-state index is 13.7. The Balaban J connectivity index is 1.20. The van der Waals surface area contributed by atoms with Gasteiger partial charge in [-0.1, -0.05) is 24.3 Å². The third kappa shape index (κ3) is 13.9. The molecular formula is C43H50F3N5O7. The van der Waals surface area contributed by atoms with Gasteiger partial charge in [0.1, 0.15) is 0 Å². The van der Waals surface area contributed by atoms with Crippen LogP contribution in [0.1, 0.15) is 63.1 Å². The molecule has 58 heavy (non-hydrogen) atoms. The van der Waals surface area contributed by atoms with Gasteiger partial charge in [-0.15, -0.1) is 0 Å². The predicted molar refractivity (Wildman–Crippen MR) is 214 cm³/mol. The summed E-state index contributed by atoms with van der Waals surface area (Å²) in [5, 5.41) is 14.4. The highest BCUT2D eigenvalue weighted by molar-refractivity contribution is 6.06. The average molecular weight is 806 g/mol. The number of aliphatic carboxylic acids is 1. The zero-order chi connectivity index (χ0) is 41.3. The van der Waals surface area contributed by atoms with E-state index in [0.29, 0.717) is 74.2 Å². The van der Waals surface area contributed by atoms with Gasteiger partial charge in [-0.2, -0.15) is 13.2 Å². The van der Waals surface area contributed by atoms with Crippen LogP contribution in [0.3, 0.4) is 0 Å². The molecule has 1 aliphatic heterocycles. The number of nitrogens with zero attached hydrogens (tertiary/aromatic N) is 3. The van der Waals surface area contributed by atoms with Crippen molar-refractivity contribution in [3.8, 4) is 11.3 Å². The summed E-state index contributed by atoms with van der Waals surface area (Å²) < 4.78 is 56.0. The summed E-state index contributed by atoms with van der Waals surface area (Å²) in [5.41, 5.74) is 3.75. The topological polar surface area (TPSA) is 143 Å². The number of carboxylic acids is 1. The predicted octanol–water partition coefficient (Wildman–Crippen LogP) is 6.90. The van der Waals surface area contributed by atoms with E-state index in [-0.39, 0.29) is 31.0 Å². The molecule has 12 nitrogen and oxygen atoms in total. The standard InChI is InChI=1S/C43H50F3N5O7/c1-50(18-20-57-22-24-58-23-21-56-19-14-40(52)53)30-32-8-5-9-33(25-32)42(55)49-38-12-11-36(51-16-3-2-4-17-51)28-37(38)39-27-34(13-15-47-39)41(54)48-29-31-7-6-10-35(26-31)43(44,45)46/h5-13,15,25-28H,2-4,14,16-24,29-30H2,1H3,(H,48,54)(H,49,55)(H,52,53). The Hall–Kier alpha value is -5.35. The number of ether oxygens (including phenoxy) is 3. The number of hydrogen-bond acceptors (Lipinski definition) is 9. The molecule has 310 valence electrons. The first-order valence-electron chi connectivity index (χ1n) is 19.3. The SMILES string of the molecule is CN(CCOCCOCCOCCC(=O)O)Cc1cccc(C(=O)Nc2ccc(N3CCCCC3)cc2-c2cc(C(=O)NCc3cccc(C(F)(F)F)c3)ccn2)c1. The quantitative estimate of drug-likeness (QED) is 0.0762. The summed E-state index contributed by atoms with van der Waals surface area (Å²) in [4.78, 5) is 46.4. The number of benzene rings is 3. The van der Waals surface area contributed by atoms with Crippen LogP contribution in [-0.2, 0) is 38.3 Å². The van der Waals surface area contributed by atoms with E-state index in [9.17, 15) is 27.6 Å². The zero-order valence-electron chi connectivity index (χ0n) is 32.6. The minimum atomic E-state index is -4.49. The van der Waals surface area contributed by atoms with Gasteiger partial charge in [0.15, 0.2) is 0 Å². The molecule has 0 saturated carbocycles. The van der Waals surface area contributed by atoms with E-state index in [2.05, 4.69) is 25.4 Å². The molecular weight excluding hydrogens is 755 g/mol. The summed E-state index contributed by atoms with van der Waals surface area (Å²) in [7, 11) is 1.96. The Morgan fingerprint density at radius 3 is 2.22 bits per heavy atom. The van der Waals surface area contributed by atoms with Gasteiger partial charge in [-0.25, -0.2) is 0 Å². The molecule has 1 aromatic heterocycles. The van der Waals surface area contributed by atoms with Gasteiger partial charge in [0.2, 0.25) is 0 Å². The van der Waals surface area contributed by atoms with Gasteiger partial charge in [-0.05, 0) is 92.0 Å². The molecule has 0 unspecified atom stereocenters. The molecule has 0 aliphatic carbocycles. The van der Waals surface area contributed by atoms with Crippen LogP contribution in [0.5, 0.6) is 0 Å². The molecule has 2 heterocycles. The molecule has 0 bridgehead atoms. The number of rotatable bonds is 21. The van der Waals surface area contributed by atoms with Crippen LogP contribution in [0.15, 0.2) is 85.1 Å². The Labute approximate surface area is 336 Å². The van der Waals surface area contributed by atoms with Gasteiger partial charge < -0.3 is 34.9 Å². The number of anilines is 2. The lowest BCUT2D eigenvalue weighted by Gasteiger charge is -2.29. The van der Waals surface area contributed by atoms with Crippen molar-refractivity contribution >= 4 is 29.2 Å². The van der Waals surface area contributed by atoms with Gasteiger partial charge in [0.05, 0.1) is 63.0 Å². The van der Waals surface area contributed by atoms with Gasteiger partial charge in [0.25, 0.3) is 11.8 Å². The van der Waals surface area contributed by atoms with Crippen LogP contribution in [0, 0.1) is 0 Å². The number of nitrogens with one attached hydrogen (secondary N) is 2. The molecule has 2 amide bonds. The van der Waals surface area contributed by atoms with Crippen molar-refractivity contribution in [3.05, 3.63) is 113 Å². The number of halogens is 3. The van der Waals surface area contributed by atoms with E-state index in [1.54, 1.807) is 12.1 Å². The molecule has 4 aromatic rings. The minimum absolute atomic E-state index is 0.0378. The van der Waals surface area contributed by atoms with Crippen molar-refractivity contribution in [2.75, 3.05) is 76.5 Å². The van der Waals surface area contributed by atoms with Crippen LogP contribution in [0.4, 0.5) is 24.5 Å². The van der Waals surface area contributed by atoms with E-state index >= 15 is 0 Å². The second kappa shape index (κ2) is 22.0. The fourth-order valence-corrected chi connectivity index (χ4v) is 6.38. The lowest BCUT2D eigenvalue weighted by atomic mass is 10.0. The zero-order valence-corrected chi connectivity index (χ0v) is 32.6. The monoisotopic (exact) mass is 805 g/mol. The number of likely N-dealkylation sites (N-methyl/N-ethyl adjacent to an activating group) is 1. The molecule has 0 atom stereocenters. The highest BCUT2D eigenvalue weighted by Gasteiger charge is 2.30. The van der Waals surface area contributed by atoms with Gasteiger partial charge in [0, 0.05) is 61.3 Å². The summed E-state index contributed by atoms with van der Waals surface area (Å²) in [6.45, 7) is 5.06. The highest BCUT2D eigenvalue weighted by Crippen LogP contribution is 2.33. The highest BCUT2D eigenvalue weighted by atomic mass is 19.4. The van der Waals surface area contributed by atoms with Crippen molar-refractivity contribution in [2.45, 2.75) is 44.9 Å². The Bertz CT molecular complexity index is 1970. The van der Waals surface area contributed by atoms with E-state index in [4.69, 9.17) is 19.3 Å². The smallest absolute Gasteiger partial charge is 0.416 e. The number of carboxylic acid groups (broad SMARTS) is 1. The number of amides is 2. The molecule has 1 aliphatic rings. The number of alkyl halides is 3. The van der Waals surface area contributed by atoms with Crippen LogP contribution < -0.4 is 15.5 Å². The van der Waals surface area contributed by atoms with Crippen molar-refractivity contribution in [3.63, 3.8) is 0 Å². The normalized spacial score (nSPS) is 13.1. The van der Waals surface area contributed by atoms with Gasteiger partial charge >= 0.3 is 12.1 Å². The number of pyridine rings is 1. The van der Waals surface area contributed by atoms with E-state index in [1.807, 2.05) is 43.4 Å². The van der Waals surface area contributed by atoms with Crippen LogP contribution in [0.2, 0.25) is 0 Å². The Morgan fingerprint density at radius 1 is 0.793 bits per heavy atom. The second-order valence-corrected chi connectivity index (χ2v) is 14.0. The first-order chi connectivity index (χ1) is 28.0. The third-order valence-electron chi connectivity index (χ3n) is 9.44. The summed E-state index contributed by atoms with van der Waals surface area (Å²) in [6.07, 6.45) is 0.261. The first-order valence-corrected chi connectivity index (χ1v) is 19.3. The Morgan fingerprint density at radius 2 is 1.48 bits per heavy atom. The van der Waals surface area contributed by atoms with E-state index in [1.165, 1.54) is 24.4 Å². The van der Waals surface area contributed by atoms with Crippen molar-refractivity contribution in [1.82, 2.24) is 15.2 Å².